The molecule has 35 heavy (non-hydrogen) atoms. The zero-order valence-corrected chi connectivity index (χ0v) is 19.8. The maximum Gasteiger partial charge on any atom is 0.322 e. The van der Waals surface area contributed by atoms with E-state index in [1.54, 1.807) is 26.0 Å². The fourth-order valence-electron chi connectivity index (χ4n) is 3.86. The molecule has 0 spiro atoms. The first-order chi connectivity index (χ1) is 16.5. The van der Waals surface area contributed by atoms with E-state index in [9.17, 15) is 29.1 Å². The number of phenolic OH excluding ortho intramolecular Hbond substituents is 1. The summed E-state index contributed by atoms with van der Waals surface area (Å²) in [5.41, 5.74) is 6.09. The van der Waals surface area contributed by atoms with E-state index in [2.05, 4.69) is 16.0 Å². The van der Waals surface area contributed by atoms with Gasteiger partial charge in [0.2, 0.25) is 23.6 Å². The molecule has 7 N–H and O–H groups in total. The van der Waals surface area contributed by atoms with Gasteiger partial charge in [0.15, 0.2) is 0 Å². The van der Waals surface area contributed by atoms with Gasteiger partial charge >= 0.3 is 5.97 Å². The Balaban J connectivity index is 2.22. The van der Waals surface area contributed by atoms with Gasteiger partial charge in [0.05, 0.1) is 6.54 Å². The molecule has 192 valence electrons. The number of benzene rings is 1. The molecule has 1 saturated heterocycles. The lowest BCUT2D eigenvalue weighted by molar-refractivity contribution is -0.139. The molecule has 12 heteroatoms. The number of likely N-dealkylation sites (tertiary alicyclic amines) is 1. The van der Waals surface area contributed by atoms with Crippen molar-refractivity contribution in [1.29, 1.82) is 0 Å². The normalized spacial score (nSPS) is 16.9. The number of nitrogens with zero attached hydrogens (tertiary/aromatic N) is 1. The number of hydrogen-bond acceptors (Lipinski definition) is 7. The molecule has 1 aliphatic rings. The van der Waals surface area contributed by atoms with Crippen molar-refractivity contribution in [2.45, 2.75) is 51.2 Å². The van der Waals surface area contributed by atoms with Gasteiger partial charge < -0.3 is 36.8 Å². The maximum atomic E-state index is 13.2. The molecule has 0 radical (unpaired) electrons. The first-order valence-corrected chi connectivity index (χ1v) is 11.4. The number of nitrogens with two attached hydrogens (primary N) is 1. The van der Waals surface area contributed by atoms with Crippen molar-refractivity contribution in [3.05, 3.63) is 29.8 Å². The molecule has 0 aromatic heterocycles. The lowest BCUT2D eigenvalue weighted by Crippen LogP contribution is -2.58. The Kier molecular flexibility index (Phi) is 10.0. The van der Waals surface area contributed by atoms with Gasteiger partial charge in [-0.3, -0.25) is 24.0 Å². The summed E-state index contributed by atoms with van der Waals surface area (Å²) in [7, 11) is 0. The van der Waals surface area contributed by atoms with E-state index in [1.807, 2.05) is 0 Å². The monoisotopic (exact) mass is 491 g/mol. The highest BCUT2D eigenvalue weighted by Crippen LogP contribution is 2.18. The van der Waals surface area contributed by atoms with Crippen molar-refractivity contribution in [2.75, 3.05) is 19.6 Å². The number of nitrogens with one attached hydrogen (secondary N) is 3. The summed E-state index contributed by atoms with van der Waals surface area (Å²) >= 11 is 0. The average molecular weight is 492 g/mol. The number of phenols is 1. The SMILES string of the molecule is CC(C)C(NC(=O)C(Cc1ccc(O)cc1)NC(=O)C1CCCN1C(=O)CN)C(=O)NCC(=O)O. The molecule has 1 aromatic carbocycles. The Bertz CT molecular complexity index is 935. The molecule has 12 nitrogen and oxygen atoms in total. The topological polar surface area (TPSA) is 191 Å². The van der Waals surface area contributed by atoms with E-state index in [0.29, 0.717) is 24.9 Å². The number of amides is 4. The Labute approximate surface area is 203 Å². The highest BCUT2D eigenvalue weighted by molar-refractivity contribution is 5.95. The molecule has 1 fully saturated rings. The summed E-state index contributed by atoms with van der Waals surface area (Å²) in [5.74, 6) is -3.75. The molecular weight excluding hydrogens is 458 g/mol. The second kappa shape index (κ2) is 12.7. The first-order valence-electron chi connectivity index (χ1n) is 11.4. The summed E-state index contributed by atoms with van der Waals surface area (Å²) < 4.78 is 0. The van der Waals surface area contributed by atoms with E-state index < -0.39 is 48.4 Å². The van der Waals surface area contributed by atoms with E-state index in [1.165, 1.54) is 17.0 Å². The van der Waals surface area contributed by atoms with Crippen molar-refractivity contribution >= 4 is 29.6 Å². The van der Waals surface area contributed by atoms with Crippen molar-refractivity contribution in [1.82, 2.24) is 20.9 Å². The zero-order chi connectivity index (χ0) is 26.1. The second-order valence-corrected chi connectivity index (χ2v) is 8.72. The lowest BCUT2D eigenvalue weighted by atomic mass is 10.0. The molecule has 3 atom stereocenters. The van der Waals surface area contributed by atoms with Gasteiger partial charge in [-0.15, -0.1) is 0 Å². The van der Waals surface area contributed by atoms with Gasteiger partial charge in [0.1, 0.15) is 30.4 Å². The van der Waals surface area contributed by atoms with Gasteiger partial charge in [-0.25, -0.2) is 0 Å². The van der Waals surface area contributed by atoms with Crippen LogP contribution in [0.4, 0.5) is 0 Å². The molecule has 1 heterocycles. The fourth-order valence-corrected chi connectivity index (χ4v) is 3.86. The summed E-state index contributed by atoms with van der Waals surface area (Å²) in [5, 5.41) is 25.9. The van der Waals surface area contributed by atoms with Crippen molar-refractivity contribution in [3.63, 3.8) is 0 Å². The number of carbonyl (C=O) groups excluding carboxylic acids is 4. The highest BCUT2D eigenvalue weighted by atomic mass is 16.4. The van der Waals surface area contributed by atoms with Gasteiger partial charge in [0, 0.05) is 13.0 Å². The van der Waals surface area contributed by atoms with Crippen molar-refractivity contribution in [2.24, 2.45) is 11.7 Å². The Hall–Kier alpha value is -3.67. The van der Waals surface area contributed by atoms with E-state index in [4.69, 9.17) is 10.8 Å². The first kappa shape index (κ1) is 27.6. The van der Waals surface area contributed by atoms with Gasteiger partial charge in [0.25, 0.3) is 0 Å². The number of aliphatic carboxylic acids is 1. The Morgan fingerprint density at radius 2 is 1.74 bits per heavy atom. The van der Waals surface area contributed by atoms with Crippen LogP contribution in [-0.2, 0) is 30.4 Å². The Morgan fingerprint density at radius 1 is 1.09 bits per heavy atom. The third-order valence-corrected chi connectivity index (χ3v) is 5.72. The third kappa shape index (κ3) is 7.95. The molecular formula is C23H33N5O7. The average Bonchev–Trinajstić information content (AvgIpc) is 3.31. The number of hydrogen-bond donors (Lipinski definition) is 6. The molecule has 4 amide bonds. The number of carbonyl (C=O) groups is 5. The zero-order valence-electron chi connectivity index (χ0n) is 19.8. The Morgan fingerprint density at radius 3 is 2.31 bits per heavy atom. The van der Waals surface area contributed by atoms with Crippen LogP contribution in [0.5, 0.6) is 5.75 Å². The summed E-state index contributed by atoms with van der Waals surface area (Å²) in [4.78, 5) is 63.0. The molecule has 1 aromatic rings. The fraction of sp³-hybridized carbons (Fsp3) is 0.522. The van der Waals surface area contributed by atoms with Crippen LogP contribution in [0.3, 0.4) is 0 Å². The van der Waals surface area contributed by atoms with Crippen LogP contribution in [0.15, 0.2) is 24.3 Å². The summed E-state index contributed by atoms with van der Waals surface area (Å²) in [6, 6.07) is 3.18. The lowest BCUT2D eigenvalue weighted by Gasteiger charge is -2.28. The number of carboxylic acids is 1. The minimum absolute atomic E-state index is 0.0376. The molecule has 1 aliphatic heterocycles. The quantitative estimate of drug-likeness (QED) is 0.220. The summed E-state index contributed by atoms with van der Waals surface area (Å²) in [6.45, 7) is 2.94. The largest absolute Gasteiger partial charge is 0.508 e. The second-order valence-electron chi connectivity index (χ2n) is 8.72. The predicted octanol–water partition coefficient (Wildman–Crippen LogP) is -1.29. The van der Waals surface area contributed by atoms with Crippen molar-refractivity contribution < 1.29 is 34.2 Å². The third-order valence-electron chi connectivity index (χ3n) is 5.72. The number of aromatic hydroxyl groups is 1. The number of rotatable bonds is 11. The van der Waals surface area contributed by atoms with Gasteiger partial charge in [-0.1, -0.05) is 26.0 Å². The smallest absolute Gasteiger partial charge is 0.322 e. The van der Waals surface area contributed by atoms with Crippen LogP contribution >= 0.6 is 0 Å². The maximum absolute atomic E-state index is 13.2. The summed E-state index contributed by atoms with van der Waals surface area (Å²) in [6.07, 6.45) is 1.10. The van der Waals surface area contributed by atoms with Crippen LogP contribution in [-0.4, -0.2) is 82.5 Å². The van der Waals surface area contributed by atoms with Crippen molar-refractivity contribution in [3.8, 4) is 5.75 Å². The predicted molar refractivity (Wildman–Crippen MR) is 125 cm³/mol. The molecule has 2 rings (SSSR count). The van der Waals surface area contributed by atoms with E-state index >= 15 is 0 Å². The van der Waals surface area contributed by atoms with Crippen LogP contribution in [0.1, 0.15) is 32.3 Å². The van der Waals surface area contributed by atoms with E-state index in [-0.39, 0.29) is 30.5 Å². The minimum atomic E-state index is -1.22. The molecule has 0 bridgehead atoms. The standard InChI is InChI=1S/C23H33N5O7/c1-13(2)20(23(35)25-12-19(31)32)27-21(33)16(10-14-5-7-15(29)8-6-14)26-22(34)17-4-3-9-28(17)18(30)11-24/h5-8,13,16-17,20,29H,3-4,9-12,24H2,1-2H3,(H,25,35)(H,26,34)(H,27,33)(H,31,32). The molecule has 0 saturated carbocycles. The molecule has 0 aliphatic carbocycles. The van der Waals surface area contributed by atoms with Gasteiger partial charge in [-0.2, -0.15) is 0 Å². The number of carboxylic acid groups (broad SMARTS) is 1. The van der Waals surface area contributed by atoms with Crippen LogP contribution in [0.25, 0.3) is 0 Å². The minimum Gasteiger partial charge on any atom is -0.508 e. The van der Waals surface area contributed by atoms with Crippen LogP contribution in [0.2, 0.25) is 0 Å². The van der Waals surface area contributed by atoms with Crippen LogP contribution in [0, 0.1) is 5.92 Å². The van der Waals surface area contributed by atoms with E-state index in [0.717, 1.165) is 0 Å². The molecule has 3 unspecified atom stereocenters. The van der Waals surface area contributed by atoms with Gasteiger partial charge in [-0.05, 0) is 36.5 Å². The highest BCUT2D eigenvalue weighted by Gasteiger charge is 2.36. The van der Waals surface area contributed by atoms with Crippen LogP contribution < -0.4 is 21.7 Å².